The molecule has 3 nitrogen and oxygen atoms in total. The van der Waals surface area contributed by atoms with Gasteiger partial charge in [0.15, 0.2) is 14.0 Å². The summed E-state index contributed by atoms with van der Waals surface area (Å²) >= 11 is 6.23. The van der Waals surface area contributed by atoms with Crippen LogP contribution in [0.25, 0.3) is 11.0 Å². The molecule has 0 aromatic carbocycles. The maximum atomic E-state index is 12.0. The van der Waals surface area contributed by atoms with Gasteiger partial charge in [0.05, 0.1) is 5.02 Å². The third-order valence-electron chi connectivity index (χ3n) is 5.21. The standard InChI is InChI=1S/C18H27ClN2OSi/c1-11(2)23(12(3)4,13(5)6)21-9-8-15-17(14(7)22)16(19)10-20-18(15)21/h8-13H,1-7H3. The second-order valence-electron chi connectivity index (χ2n) is 7.31. The second kappa shape index (κ2) is 6.40. The number of hydrogen-bond acceptors (Lipinski definition) is 2. The number of pyridine rings is 1. The second-order valence-corrected chi connectivity index (χ2v) is 13.4. The lowest BCUT2D eigenvalue weighted by atomic mass is 10.1. The van der Waals surface area contributed by atoms with Gasteiger partial charge in [-0.2, -0.15) is 0 Å². The van der Waals surface area contributed by atoms with Gasteiger partial charge in [-0.3, -0.25) is 4.79 Å². The van der Waals surface area contributed by atoms with E-state index in [0.717, 1.165) is 11.0 Å². The van der Waals surface area contributed by atoms with E-state index in [2.05, 4.69) is 57.0 Å². The molecule has 5 heteroatoms. The highest BCUT2D eigenvalue weighted by molar-refractivity contribution is 6.82. The Balaban J connectivity index is 2.87. The molecule has 0 fully saturated rings. The molecule has 2 aromatic rings. The maximum absolute atomic E-state index is 12.0. The third-order valence-corrected chi connectivity index (χ3v) is 12.2. The number of Topliss-reactive ketones (excluding diaryl/α,β-unsaturated/α-hetero) is 1. The summed E-state index contributed by atoms with van der Waals surface area (Å²) in [5.74, 6) is -0.00828. The van der Waals surface area contributed by atoms with E-state index in [4.69, 9.17) is 11.6 Å². The Kier molecular flexibility index (Phi) is 5.07. The summed E-state index contributed by atoms with van der Waals surface area (Å²) in [5.41, 5.74) is 3.20. The molecule has 0 radical (unpaired) electrons. The fourth-order valence-corrected chi connectivity index (χ4v) is 11.4. The van der Waals surface area contributed by atoms with Crippen molar-refractivity contribution in [2.45, 2.75) is 65.1 Å². The highest BCUT2D eigenvalue weighted by Gasteiger charge is 2.46. The van der Waals surface area contributed by atoms with Crippen LogP contribution in [0.3, 0.4) is 0 Å². The molecule has 0 saturated carbocycles. The van der Waals surface area contributed by atoms with Gasteiger partial charge < -0.3 is 4.23 Å². The van der Waals surface area contributed by atoms with Gasteiger partial charge in [0.1, 0.15) is 5.65 Å². The van der Waals surface area contributed by atoms with Gasteiger partial charge in [-0.1, -0.05) is 53.1 Å². The summed E-state index contributed by atoms with van der Waals surface area (Å²) in [5, 5.41) is 1.32. The highest BCUT2D eigenvalue weighted by Crippen LogP contribution is 2.44. The SMILES string of the molecule is CC(=O)c1c(Cl)cnc2c1ccn2[Si](C(C)C)(C(C)C)C(C)C. The van der Waals surface area contributed by atoms with E-state index in [1.54, 1.807) is 13.1 Å². The van der Waals surface area contributed by atoms with Crippen molar-refractivity contribution in [3.05, 3.63) is 29.0 Å². The van der Waals surface area contributed by atoms with Crippen molar-refractivity contribution in [2.75, 3.05) is 0 Å². The van der Waals surface area contributed by atoms with Gasteiger partial charge in [0, 0.05) is 17.1 Å². The number of carbonyl (C=O) groups is 1. The topological polar surface area (TPSA) is 34.9 Å². The number of halogens is 1. The number of nitrogens with zero attached hydrogens (tertiary/aromatic N) is 2. The van der Waals surface area contributed by atoms with Crippen LogP contribution in [-0.4, -0.2) is 23.2 Å². The van der Waals surface area contributed by atoms with Crippen LogP contribution in [-0.2, 0) is 0 Å². The van der Waals surface area contributed by atoms with Crippen LogP contribution in [0.2, 0.25) is 21.6 Å². The summed E-state index contributed by atoms with van der Waals surface area (Å²) in [6.07, 6.45) is 3.75. The minimum absolute atomic E-state index is 0.00828. The van der Waals surface area contributed by atoms with Crippen molar-refractivity contribution in [1.29, 1.82) is 0 Å². The molecule has 0 aliphatic rings. The lowest BCUT2D eigenvalue weighted by molar-refractivity contribution is 0.101. The molecule has 0 unspecified atom stereocenters. The molecule has 126 valence electrons. The van der Waals surface area contributed by atoms with Crippen LogP contribution >= 0.6 is 11.6 Å². The Morgan fingerprint density at radius 2 is 1.65 bits per heavy atom. The fourth-order valence-electron chi connectivity index (χ4n) is 4.57. The van der Waals surface area contributed by atoms with Gasteiger partial charge >= 0.3 is 0 Å². The number of carbonyl (C=O) groups excluding carboxylic acids is 1. The van der Waals surface area contributed by atoms with Crippen LogP contribution < -0.4 is 0 Å². The summed E-state index contributed by atoms with van der Waals surface area (Å²) < 4.78 is 2.41. The number of aromatic nitrogens is 2. The van der Waals surface area contributed by atoms with Crippen molar-refractivity contribution in [1.82, 2.24) is 9.22 Å². The predicted molar refractivity (Wildman–Crippen MR) is 101 cm³/mol. The Morgan fingerprint density at radius 1 is 1.13 bits per heavy atom. The van der Waals surface area contributed by atoms with E-state index < -0.39 is 8.24 Å². The quantitative estimate of drug-likeness (QED) is 0.495. The van der Waals surface area contributed by atoms with Crippen molar-refractivity contribution in [3.63, 3.8) is 0 Å². The van der Waals surface area contributed by atoms with E-state index in [1.807, 2.05) is 6.07 Å². The summed E-state index contributed by atoms with van der Waals surface area (Å²) in [4.78, 5) is 16.6. The van der Waals surface area contributed by atoms with Gasteiger partial charge in [0.2, 0.25) is 0 Å². The molecule has 0 saturated heterocycles. The average molecular weight is 351 g/mol. The zero-order valence-corrected chi connectivity index (χ0v) is 16.9. The van der Waals surface area contributed by atoms with Crippen LogP contribution in [0.5, 0.6) is 0 Å². The molecular weight excluding hydrogens is 324 g/mol. The summed E-state index contributed by atoms with van der Waals surface area (Å²) in [7, 11) is -1.89. The average Bonchev–Trinajstić information content (AvgIpc) is 2.81. The summed E-state index contributed by atoms with van der Waals surface area (Å²) in [6, 6.07) is 2.01. The van der Waals surface area contributed by atoms with Crippen LogP contribution in [0.1, 0.15) is 58.8 Å². The molecule has 2 aromatic heterocycles. The highest BCUT2D eigenvalue weighted by atomic mass is 35.5. The van der Waals surface area contributed by atoms with E-state index in [0.29, 0.717) is 27.2 Å². The van der Waals surface area contributed by atoms with Crippen molar-refractivity contribution >= 4 is 36.7 Å². The zero-order valence-electron chi connectivity index (χ0n) is 15.1. The molecule has 0 atom stereocenters. The Labute approximate surface area is 145 Å². The van der Waals surface area contributed by atoms with E-state index in [-0.39, 0.29) is 5.78 Å². The fraction of sp³-hybridized carbons (Fsp3) is 0.556. The molecular formula is C18H27ClN2OSi. The van der Waals surface area contributed by atoms with Gasteiger partial charge in [-0.25, -0.2) is 4.98 Å². The van der Waals surface area contributed by atoms with Gasteiger partial charge in [-0.15, -0.1) is 0 Å². The molecule has 0 bridgehead atoms. The van der Waals surface area contributed by atoms with Gasteiger partial charge in [-0.05, 0) is 35.8 Å². The first-order valence-electron chi connectivity index (χ1n) is 8.32. The number of fused-ring (bicyclic) bond motifs is 1. The molecule has 0 aliphatic heterocycles. The number of hydrogen-bond donors (Lipinski definition) is 0. The van der Waals surface area contributed by atoms with Crippen molar-refractivity contribution < 1.29 is 4.79 Å². The largest absolute Gasteiger partial charge is 0.359 e. The first-order chi connectivity index (χ1) is 10.7. The van der Waals surface area contributed by atoms with Crippen LogP contribution in [0, 0.1) is 0 Å². The van der Waals surface area contributed by atoms with Gasteiger partial charge in [0.25, 0.3) is 0 Å². The monoisotopic (exact) mass is 350 g/mol. The Morgan fingerprint density at radius 3 is 2.09 bits per heavy atom. The molecule has 0 N–H and O–H groups in total. The van der Waals surface area contributed by atoms with E-state index in [9.17, 15) is 4.79 Å². The molecule has 0 amide bonds. The normalized spacial score (nSPS) is 12.8. The third kappa shape index (κ3) is 2.66. The smallest absolute Gasteiger partial charge is 0.171 e. The Hall–Kier alpha value is -1.13. The maximum Gasteiger partial charge on any atom is 0.171 e. The minimum Gasteiger partial charge on any atom is -0.359 e. The number of ketones is 1. The van der Waals surface area contributed by atoms with E-state index in [1.165, 1.54) is 0 Å². The lowest BCUT2D eigenvalue weighted by Gasteiger charge is -2.44. The summed E-state index contributed by atoms with van der Waals surface area (Å²) in [6.45, 7) is 15.5. The molecule has 0 aliphatic carbocycles. The predicted octanol–water partition coefficient (Wildman–Crippen LogP) is 5.92. The number of rotatable bonds is 5. The van der Waals surface area contributed by atoms with Crippen LogP contribution in [0.15, 0.2) is 18.5 Å². The molecule has 2 heterocycles. The first-order valence-corrected chi connectivity index (χ1v) is 10.9. The molecule has 23 heavy (non-hydrogen) atoms. The minimum atomic E-state index is -1.89. The lowest BCUT2D eigenvalue weighted by Crippen LogP contribution is -2.51. The van der Waals surface area contributed by atoms with Crippen molar-refractivity contribution in [3.8, 4) is 0 Å². The van der Waals surface area contributed by atoms with E-state index >= 15 is 0 Å². The zero-order chi connectivity index (χ0) is 17.5. The molecule has 2 rings (SSSR count). The Bertz CT molecular complexity index is 712. The first kappa shape index (κ1) is 18.2. The van der Waals surface area contributed by atoms with Crippen molar-refractivity contribution in [2.24, 2.45) is 0 Å². The molecule has 0 spiro atoms. The van der Waals surface area contributed by atoms with Crippen LogP contribution in [0.4, 0.5) is 0 Å².